The normalized spacial score (nSPS) is 19.9. The summed E-state index contributed by atoms with van der Waals surface area (Å²) >= 11 is 1.51. The lowest BCUT2D eigenvalue weighted by Crippen LogP contribution is -2.40. The van der Waals surface area contributed by atoms with Gasteiger partial charge in [-0.05, 0) is 38.3 Å². The van der Waals surface area contributed by atoms with E-state index in [0.717, 1.165) is 31.0 Å². The van der Waals surface area contributed by atoms with Gasteiger partial charge in [0.2, 0.25) is 0 Å². The summed E-state index contributed by atoms with van der Waals surface area (Å²) in [5.74, 6) is 0.473. The van der Waals surface area contributed by atoms with Crippen LogP contribution in [0.3, 0.4) is 0 Å². The molecule has 1 unspecified atom stereocenters. The molecule has 1 aliphatic rings. The van der Waals surface area contributed by atoms with E-state index in [9.17, 15) is 4.79 Å². The van der Waals surface area contributed by atoms with Crippen LogP contribution in [0.1, 0.15) is 23.4 Å². The molecule has 1 amide bonds. The summed E-state index contributed by atoms with van der Waals surface area (Å²) in [5.41, 5.74) is 0. The Kier molecular flexibility index (Phi) is 4.12. The summed E-state index contributed by atoms with van der Waals surface area (Å²) in [4.78, 5) is 14.2. The van der Waals surface area contributed by atoms with E-state index in [2.05, 4.69) is 5.32 Å². The average Bonchev–Trinajstić information content (AvgIpc) is 2.97. The molecular formula is C12H18N2O2S. The number of likely N-dealkylation sites (N-methyl/N-ethyl adjacent to an activating group) is 1. The molecule has 1 atom stereocenters. The molecule has 1 aromatic heterocycles. The van der Waals surface area contributed by atoms with Gasteiger partial charge in [0.15, 0.2) is 10.9 Å². The molecule has 2 rings (SSSR count). The molecule has 4 nitrogen and oxygen atoms in total. The van der Waals surface area contributed by atoms with Crippen LogP contribution in [-0.2, 0) is 0 Å². The maximum Gasteiger partial charge on any atom is 0.289 e. The van der Waals surface area contributed by atoms with Crippen LogP contribution in [0.15, 0.2) is 21.6 Å². The number of thioether (sulfide) groups is 1. The Balaban J connectivity index is 2.08. The van der Waals surface area contributed by atoms with Gasteiger partial charge in [-0.15, -0.1) is 0 Å². The highest BCUT2D eigenvalue weighted by atomic mass is 32.2. The minimum Gasteiger partial charge on any atom is -0.445 e. The van der Waals surface area contributed by atoms with E-state index in [0.29, 0.717) is 11.8 Å². The second-order valence-corrected chi connectivity index (χ2v) is 4.99. The summed E-state index contributed by atoms with van der Waals surface area (Å²) in [5, 5.41) is 3.92. The van der Waals surface area contributed by atoms with E-state index in [1.807, 2.05) is 24.3 Å². The van der Waals surface area contributed by atoms with Gasteiger partial charge in [-0.3, -0.25) is 4.79 Å². The van der Waals surface area contributed by atoms with Crippen LogP contribution in [0.5, 0.6) is 0 Å². The van der Waals surface area contributed by atoms with Gasteiger partial charge in [0.05, 0.1) is 0 Å². The third-order valence-electron chi connectivity index (χ3n) is 3.07. The van der Waals surface area contributed by atoms with Crippen molar-refractivity contribution in [3.63, 3.8) is 0 Å². The van der Waals surface area contributed by atoms with Crippen molar-refractivity contribution >= 4 is 17.7 Å². The maximum absolute atomic E-state index is 12.3. The van der Waals surface area contributed by atoms with Crippen LogP contribution < -0.4 is 5.32 Å². The first-order chi connectivity index (χ1) is 8.26. The lowest BCUT2D eigenvalue weighted by atomic mass is 10.2. The number of carbonyl (C=O) groups excluding carboxylic acids is 1. The topological polar surface area (TPSA) is 45.5 Å². The molecule has 5 heteroatoms. The maximum atomic E-state index is 12.3. The summed E-state index contributed by atoms with van der Waals surface area (Å²) in [6.07, 6.45) is 4.09. The summed E-state index contributed by atoms with van der Waals surface area (Å²) in [6.45, 7) is 1.68. The van der Waals surface area contributed by atoms with Crippen molar-refractivity contribution in [1.29, 1.82) is 0 Å². The lowest BCUT2D eigenvalue weighted by Gasteiger charge is -2.23. The zero-order valence-corrected chi connectivity index (χ0v) is 11.0. The molecule has 1 aromatic rings. The number of nitrogens with zero attached hydrogens (tertiary/aromatic N) is 1. The summed E-state index contributed by atoms with van der Waals surface area (Å²) < 4.78 is 5.48. The van der Waals surface area contributed by atoms with Gasteiger partial charge in [-0.1, -0.05) is 11.8 Å². The molecular weight excluding hydrogens is 236 g/mol. The van der Waals surface area contributed by atoms with E-state index in [-0.39, 0.29) is 5.91 Å². The molecule has 0 aromatic carbocycles. The zero-order valence-electron chi connectivity index (χ0n) is 10.2. The van der Waals surface area contributed by atoms with Gasteiger partial charge in [-0.25, -0.2) is 0 Å². The van der Waals surface area contributed by atoms with Crippen molar-refractivity contribution in [3.8, 4) is 0 Å². The molecule has 1 aliphatic heterocycles. The number of likely N-dealkylation sites (tertiary alicyclic amines) is 1. The van der Waals surface area contributed by atoms with Gasteiger partial charge in [0.1, 0.15) is 0 Å². The highest BCUT2D eigenvalue weighted by Crippen LogP contribution is 2.23. The van der Waals surface area contributed by atoms with E-state index < -0.39 is 0 Å². The van der Waals surface area contributed by atoms with Gasteiger partial charge in [-0.2, -0.15) is 0 Å². The molecule has 1 fully saturated rings. The fraction of sp³-hybridized carbons (Fsp3) is 0.583. The largest absolute Gasteiger partial charge is 0.445 e. The monoisotopic (exact) mass is 254 g/mol. The summed E-state index contributed by atoms with van der Waals surface area (Å²) in [7, 11) is 1.92. The predicted molar refractivity (Wildman–Crippen MR) is 68.5 cm³/mol. The first-order valence-electron chi connectivity index (χ1n) is 5.85. The molecule has 0 aliphatic carbocycles. The lowest BCUT2D eigenvalue weighted by molar-refractivity contribution is 0.0699. The minimum atomic E-state index is 0.0167. The van der Waals surface area contributed by atoms with Crippen LogP contribution in [0.25, 0.3) is 0 Å². The Labute approximate surface area is 106 Å². The first kappa shape index (κ1) is 12.5. The zero-order chi connectivity index (χ0) is 12.3. The Morgan fingerprint density at radius 3 is 3.12 bits per heavy atom. The van der Waals surface area contributed by atoms with Gasteiger partial charge in [0.25, 0.3) is 5.91 Å². The fourth-order valence-corrected chi connectivity index (χ4v) is 2.61. The number of hydrogen-bond acceptors (Lipinski definition) is 4. The second-order valence-electron chi connectivity index (χ2n) is 4.18. The molecule has 0 bridgehead atoms. The third kappa shape index (κ3) is 2.66. The van der Waals surface area contributed by atoms with E-state index in [1.54, 1.807) is 6.07 Å². The van der Waals surface area contributed by atoms with Crippen molar-refractivity contribution in [3.05, 3.63) is 17.9 Å². The predicted octanol–water partition coefficient (Wildman–Crippen LogP) is 1.83. The van der Waals surface area contributed by atoms with E-state index in [1.165, 1.54) is 11.8 Å². The standard InChI is InChI=1S/C12H18N2O2S/c1-13-8-9-4-3-7-14(9)12(15)10-5-6-11(16-10)17-2/h5-6,9,13H,3-4,7-8H2,1-2H3. The van der Waals surface area contributed by atoms with Crippen molar-refractivity contribution in [2.24, 2.45) is 0 Å². The van der Waals surface area contributed by atoms with Crippen LogP contribution in [0.2, 0.25) is 0 Å². The van der Waals surface area contributed by atoms with Crippen LogP contribution in [-0.4, -0.2) is 43.2 Å². The molecule has 2 heterocycles. The first-order valence-corrected chi connectivity index (χ1v) is 7.08. The SMILES string of the molecule is CNCC1CCCN1C(=O)c1ccc(SC)o1. The van der Waals surface area contributed by atoms with Crippen molar-refractivity contribution in [1.82, 2.24) is 10.2 Å². The van der Waals surface area contributed by atoms with Crippen molar-refractivity contribution in [2.45, 2.75) is 24.0 Å². The molecule has 0 saturated carbocycles. The second kappa shape index (κ2) is 5.60. The molecule has 17 heavy (non-hydrogen) atoms. The van der Waals surface area contributed by atoms with Crippen LogP contribution >= 0.6 is 11.8 Å². The highest BCUT2D eigenvalue weighted by Gasteiger charge is 2.30. The Bertz CT molecular complexity index is 392. The van der Waals surface area contributed by atoms with E-state index in [4.69, 9.17) is 4.42 Å². The van der Waals surface area contributed by atoms with Gasteiger partial charge in [0, 0.05) is 19.1 Å². The molecule has 1 N–H and O–H groups in total. The summed E-state index contributed by atoms with van der Waals surface area (Å²) in [6, 6.07) is 3.92. The molecule has 1 saturated heterocycles. The smallest absolute Gasteiger partial charge is 0.289 e. The number of furan rings is 1. The van der Waals surface area contributed by atoms with Crippen molar-refractivity contribution in [2.75, 3.05) is 26.4 Å². The minimum absolute atomic E-state index is 0.0167. The Morgan fingerprint density at radius 2 is 2.47 bits per heavy atom. The number of rotatable bonds is 4. The molecule has 94 valence electrons. The van der Waals surface area contributed by atoms with Gasteiger partial charge < -0.3 is 14.6 Å². The number of nitrogens with one attached hydrogen (secondary N) is 1. The highest BCUT2D eigenvalue weighted by molar-refractivity contribution is 7.98. The van der Waals surface area contributed by atoms with Gasteiger partial charge >= 0.3 is 0 Å². The van der Waals surface area contributed by atoms with Crippen molar-refractivity contribution < 1.29 is 9.21 Å². The van der Waals surface area contributed by atoms with Crippen LogP contribution in [0, 0.1) is 0 Å². The van der Waals surface area contributed by atoms with E-state index >= 15 is 0 Å². The molecule has 0 radical (unpaired) electrons. The third-order valence-corrected chi connectivity index (χ3v) is 3.69. The Hall–Kier alpha value is -0.940. The molecule has 0 spiro atoms. The van der Waals surface area contributed by atoms with Crippen LogP contribution in [0.4, 0.5) is 0 Å². The average molecular weight is 254 g/mol. The number of amides is 1. The number of carbonyl (C=O) groups is 1. The fourth-order valence-electron chi connectivity index (χ4n) is 2.24. The number of hydrogen-bond donors (Lipinski definition) is 1. The quantitative estimate of drug-likeness (QED) is 0.833. The Morgan fingerprint density at radius 1 is 1.65 bits per heavy atom.